The van der Waals surface area contributed by atoms with Gasteiger partial charge in [0.1, 0.15) is 0 Å². The van der Waals surface area contributed by atoms with Crippen molar-refractivity contribution in [2.75, 3.05) is 5.33 Å². The maximum Gasteiger partial charge on any atom is 0.0951 e. The summed E-state index contributed by atoms with van der Waals surface area (Å²) < 4.78 is 2.30. The smallest absolute Gasteiger partial charge is 0.0951 e. The molecule has 0 aromatic carbocycles. The zero-order valence-electron chi connectivity index (χ0n) is 8.89. The standard InChI is InChI=1S/C11H17BrN2/c1-9-10(2)14(8-13-9)7-11(6-12)4-3-5-11/h8H,3-7H2,1-2H3. The highest BCUT2D eigenvalue weighted by atomic mass is 79.9. The summed E-state index contributed by atoms with van der Waals surface area (Å²) in [7, 11) is 0. The summed E-state index contributed by atoms with van der Waals surface area (Å²) in [5.74, 6) is 0. The second-order valence-electron chi connectivity index (χ2n) is 4.53. The predicted molar refractivity (Wildman–Crippen MR) is 61.8 cm³/mol. The second-order valence-corrected chi connectivity index (χ2v) is 5.09. The third kappa shape index (κ3) is 1.62. The summed E-state index contributed by atoms with van der Waals surface area (Å²) in [6.45, 7) is 5.36. The maximum atomic E-state index is 4.34. The summed E-state index contributed by atoms with van der Waals surface area (Å²) in [4.78, 5) is 4.34. The first-order chi connectivity index (χ1) is 6.67. The van der Waals surface area contributed by atoms with E-state index in [2.05, 4.69) is 39.3 Å². The molecule has 0 bridgehead atoms. The summed E-state index contributed by atoms with van der Waals surface area (Å²) in [5, 5.41) is 1.12. The summed E-state index contributed by atoms with van der Waals surface area (Å²) in [6.07, 6.45) is 6.08. The largest absolute Gasteiger partial charge is 0.334 e. The van der Waals surface area contributed by atoms with Crippen molar-refractivity contribution in [2.24, 2.45) is 5.41 Å². The topological polar surface area (TPSA) is 17.8 Å². The number of rotatable bonds is 3. The SMILES string of the molecule is Cc1ncn(CC2(CBr)CCC2)c1C. The third-order valence-electron chi connectivity index (χ3n) is 3.55. The molecule has 0 N–H and O–H groups in total. The van der Waals surface area contributed by atoms with Gasteiger partial charge in [-0.3, -0.25) is 0 Å². The van der Waals surface area contributed by atoms with Crippen LogP contribution < -0.4 is 0 Å². The molecule has 78 valence electrons. The van der Waals surface area contributed by atoms with E-state index in [4.69, 9.17) is 0 Å². The third-order valence-corrected chi connectivity index (χ3v) is 4.74. The molecule has 0 spiro atoms. The predicted octanol–water partition coefficient (Wildman–Crippen LogP) is 3.07. The first kappa shape index (κ1) is 10.2. The van der Waals surface area contributed by atoms with Crippen molar-refractivity contribution in [3.63, 3.8) is 0 Å². The molecule has 1 aliphatic carbocycles. The van der Waals surface area contributed by atoms with Crippen LogP contribution in [0.1, 0.15) is 30.7 Å². The van der Waals surface area contributed by atoms with Crippen molar-refractivity contribution < 1.29 is 0 Å². The van der Waals surface area contributed by atoms with Gasteiger partial charge in [-0.25, -0.2) is 4.98 Å². The van der Waals surface area contributed by atoms with E-state index in [-0.39, 0.29) is 0 Å². The van der Waals surface area contributed by atoms with Crippen molar-refractivity contribution in [1.29, 1.82) is 0 Å². The van der Waals surface area contributed by atoms with Crippen LogP contribution in [0.5, 0.6) is 0 Å². The summed E-state index contributed by atoms with van der Waals surface area (Å²) >= 11 is 3.64. The van der Waals surface area contributed by atoms with Crippen LogP contribution in [0.15, 0.2) is 6.33 Å². The van der Waals surface area contributed by atoms with Crippen molar-refractivity contribution >= 4 is 15.9 Å². The van der Waals surface area contributed by atoms with Crippen molar-refractivity contribution in [3.05, 3.63) is 17.7 Å². The Balaban J connectivity index is 2.13. The fraction of sp³-hybridized carbons (Fsp3) is 0.727. The quantitative estimate of drug-likeness (QED) is 0.761. The number of halogens is 1. The van der Waals surface area contributed by atoms with Crippen LogP contribution in [0.25, 0.3) is 0 Å². The van der Waals surface area contributed by atoms with Gasteiger partial charge in [0.25, 0.3) is 0 Å². The number of nitrogens with zero attached hydrogens (tertiary/aromatic N) is 2. The highest BCUT2D eigenvalue weighted by molar-refractivity contribution is 9.09. The van der Waals surface area contributed by atoms with Crippen LogP contribution in [0.4, 0.5) is 0 Å². The molecule has 1 fully saturated rings. The van der Waals surface area contributed by atoms with E-state index in [1.54, 1.807) is 0 Å². The molecular formula is C11H17BrN2. The molecular weight excluding hydrogens is 240 g/mol. The van der Waals surface area contributed by atoms with Crippen molar-refractivity contribution in [1.82, 2.24) is 9.55 Å². The van der Waals surface area contributed by atoms with Gasteiger partial charge >= 0.3 is 0 Å². The second kappa shape index (κ2) is 3.69. The van der Waals surface area contributed by atoms with Gasteiger partial charge in [0.15, 0.2) is 0 Å². The lowest BCUT2D eigenvalue weighted by Crippen LogP contribution is -2.35. The molecule has 0 radical (unpaired) electrons. The number of aryl methyl sites for hydroxylation is 1. The number of alkyl halides is 1. The van der Waals surface area contributed by atoms with Gasteiger partial charge in [-0.15, -0.1) is 0 Å². The Labute approximate surface area is 93.9 Å². The monoisotopic (exact) mass is 256 g/mol. The Hall–Kier alpha value is -0.310. The molecule has 0 atom stereocenters. The lowest BCUT2D eigenvalue weighted by atomic mass is 9.70. The average Bonchev–Trinajstić information content (AvgIpc) is 2.42. The van der Waals surface area contributed by atoms with E-state index in [9.17, 15) is 0 Å². The minimum atomic E-state index is 0.512. The zero-order valence-corrected chi connectivity index (χ0v) is 10.5. The van der Waals surface area contributed by atoms with Crippen LogP contribution in [-0.4, -0.2) is 14.9 Å². The van der Waals surface area contributed by atoms with Crippen LogP contribution in [0, 0.1) is 19.3 Å². The van der Waals surface area contributed by atoms with Crippen molar-refractivity contribution in [3.8, 4) is 0 Å². The molecule has 1 aromatic rings. The van der Waals surface area contributed by atoms with Crippen molar-refractivity contribution in [2.45, 2.75) is 39.7 Å². The molecule has 2 rings (SSSR count). The maximum absolute atomic E-state index is 4.34. The molecule has 0 amide bonds. The van der Waals surface area contributed by atoms with Gasteiger partial charge in [-0.05, 0) is 32.1 Å². The Morgan fingerprint density at radius 3 is 2.57 bits per heavy atom. The summed E-state index contributed by atoms with van der Waals surface area (Å²) in [6, 6.07) is 0. The van der Waals surface area contributed by atoms with E-state index in [0.29, 0.717) is 5.41 Å². The molecule has 3 heteroatoms. The first-order valence-electron chi connectivity index (χ1n) is 5.21. The fourth-order valence-electron chi connectivity index (χ4n) is 2.08. The van der Waals surface area contributed by atoms with E-state index in [1.165, 1.54) is 25.0 Å². The highest BCUT2D eigenvalue weighted by Crippen LogP contribution is 2.43. The Bertz CT molecular complexity index is 321. The van der Waals surface area contributed by atoms with E-state index >= 15 is 0 Å². The van der Waals surface area contributed by atoms with Gasteiger partial charge in [0.05, 0.1) is 12.0 Å². The lowest BCUT2D eigenvalue weighted by molar-refractivity contribution is 0.139. The molecule has 1 aliphatic rings. The molecule has 0 unspecified atom stereocenters. The van der Waals surface area contributed by atoms with E-state index in [1.807, 2.05) is 6.33 Å². The molecule has 2 nitrogen and oxygen atoms in total. The van der Waals surface area contributed by atoms with E-state index in [0.717, 1.165) is 17.6 Å². The molecule has 1 aromatic heterocycles. The molecule has 0 aliphatic heterocycles. The van der Waals surface area contributed by atoms with E-state index < -0.39 is 0 Å². The Kier molecular flexibility index (Phi) is 2.69. The minimum Gasteiger partial charge on any atom is -0.334 e. The minimum absolute atomic E-state index is 0.512. The number of hydrogen-bond donors (Lipinski definition) is 0. The molecule has 14 heavy (non-hydrogen) atoms. The Morgan fingerprint density at radius 2 is 2.21 bits per heavy atom. The summed E-state index contributed by atoms with van der Waals surface area (Å²) in [5.41, 5.74) is 2.99. The lowest BCUT2D eigenvalue weighted by Gasteiger charge is -2.41. The van der Waals surface area contributed by atoms with Crippen LogP contribution in [0.2, 0.25) is 0 Å². The van der Waals surface area contributed by atoms with Gasteiger partial charge in [-0.2, -0.15) is 0 Å². The normalized spacial score (nSPS) is 19.4. The van der Waals surface area contributed by atoms with Crippen LogP contribution in [-0.2, 0) is 6.54 Å². The zero-order chi connectivity index (χ0) is 10.2. The average molecular weight is 257 g/mol. The molecule has 1 heterocycles. The Morgan fingerprint density at radius 1 is 1.50 bits per heavy atom. The van der Waals surface area contributed by atoms with Crippen LogP contribution >= 0.6 is 15.9 Å². The number of imidazole rings is 1. The van der Waals surface area contributed by atoms with Gasteiger partial charge in [0.2, 0.25) is 0 Å². The first-order valence-corrected chi connectivity index (χ1v) is 6.33. The molecule has 0 saturated heterocycles. The number of aromatic nitrogens is 2. The van der Waals surface area contributed by atoms with Gasteiger partial charge in [0, 0.05) is 17.6 Å². The van der Waals surface area contributed by atoms with Gasteiger partial charge < -0.3 is 4.57 Å². The molecule has 1 saturated carbocycles. The fourth-order valence-corrected chi connectivity index (χ4v) is 2.81. The number of hydrogen-bond acceptors (Lipinski definition) is 1. The highest BCUT2D eigenvalue weighted by Gasteiger charge is 2.36. The van der Waals surface area contributed by atoms with Crippen LogP contribution in [0.3, 0.4) is 0 Å². The van der Waals surface area contributed by atoms with Gasteiger partial charge in [-0.1, -0.05) is 22.4 Å².